The molecule has 30 heavy (non-hydrogen) atoms. The lowest BCUT2D eigenvalue weighted by Gasteiger charge is -2.20. The summed E-state index contributed by atoms with van der Waals surface area (Å²) in [6.07, 6.45) is 0.643. The number of fused-ring (bicyclic) bond motifs is 1. The topological polar surface area (TPSA) is 68.4 Å². The van der Waals surface area contributed by atoms with Crippen molar-refractivity contribution in [3.05, 3.63) is 59.3 Å². The molecule has 1 fully saturated rings. The largest absolute Gasteiger partial charge is 0.350 e. The Morgan fingerprint density at radius 1 is 1.20 bits per heavy atom. The predicted molar refractivity (Wildman–Crippen MR) is 112 cm³/mol. The lowest BCUT2D eigenvalue weighted by atomic mass is 10.1. The number of nitrogens with zero attached hydrogens (tertiary/aromatic N) is 2. The number of carbonyl (C=O) groups is 2. The Bertz CT molecular complexity index is 1120. The minimum atomic E-state index is -0.567. The van der Waals surface area contributed by atoms with Gasteiger partial charge >= 0.3 is 0 Å². The Kier molecular flexibility index (Phi) is 5.03. The summed E-state index contributed by atoms with van der Waals surface area (Å²) >= 11 is 0. The molecule has 1 unspecified atom stereocenters. The number of benzene rings is 2. The van der Waals surface area contributed by atoms with Crippen molar-refractivity contribution >= 4 is 34.1 Å². The number of anilines is 2. The average Bonchev–Trinajstić information content (AvgIpc) is 3.29. The molecule has 8 heteroatoms. The molecule has 2 heterocycles. The number of aromatic nitrogens is 1. The smallest absolute Gasteiger partial charge is 0.272 e. The van der Waals surface area contributed by atoms with E-state index in [0.717, 1.165) is 5.56 Å². The van der Waals surface area contributed by atoms with Crippen LogP contribution in [-0.4, -0.2) is 48.4 Å². The normalized spacial score (nSPS) is 16.7. The average molecular weight is 412 g/mol. The second-order valence-electron chi connectivity index (χ2n) is 7.75. The van der Waals surface area contributed by atoms with Crippen LogP contribution < -0.4 is 10.2 Å². The van der Waals surface area contributed by atoms with Crippen LogP contribution in [-0.2, 0) is 4.79 Å². The van der Waals surface area contributed by atoms with Crippen molar-refractivity contribution in [3.63, 3.8) is 0 Å². The third-order valence-corrected chi connectivity index (χ3v) is 5.45. The third-order valence-electron chi connectivity index (χ3n) is 5.45. The molecule has 1 atom stereocenters. The Morgan fingerprint density at radius 3 is 2.63 bits per heavy atom. The van der Waals surface area contributed by atoms with Crippen LogP contribution in [0.2, 0.25) is 0 Å². The van der Waals surface area contributed by atoms with E-state index in [9.17, 15) is 18.4 Å². The second-order valence-corrected chi connectivity index (χ2v) is 7.75. The highest BCUT2D eigenvalue weighted by atomic mass is 19.1. The molecule has 0 bridgehead atoms. The van der Waals surface area contributed by atoms with Gasteiger partial charge in [-0.3, -0.25) is 14.5 Å². The molecular weight excluding hydrogens is 390 g/mol. The molecule has 1 aliphatic heterocycles. The number of likely N-dealkylation sites (N-methyl/N-ethyl adjacent to an activating group) is 1. The SMILES string of the molecule is Cc1ccc(F)c2cc(C(=O)Nc3cc(F)cc(N4CCC(N(C)C)C4=O)c3)[nH]c12. The molecule has 0 radical (unpaired) electrons. The van der Waals surface area contributed by atoms with E-state index in [1.807, 2.05) is 25.9 Å². The van der Waals surface area contributed by atoms with Gasteiger partial charge in [0.15, 0.2) is 0 Å². The Hall–Kier alpha value is -3.26. The number of aryl methyl sites for hydroxylation is 1. The van der Waals surface area contributed by atoms with Crippen LogP contribution in [0.3, 0.4) is 0 Å². The van der Waals surface area contributed by atoms with Crippen molar-refractivity contribution in [2.75, 3.05) is 30.9 Å². The van der Waals surface area contributed by atoms with Crippen LogP contribution >= 0.6 is 0 Å². The minimum Gasteiger partial charge on any atom is -0.350 e. The van der Waals surface area contributed by atoms with Crippen LogP contribution in [0.25, 0.3) is 10.9 Å². The van der Waals surface area contributed by atoms with E-state index in [0.29, 0.717) is 29.6 Å². The zero-order chi connectivity index (χ0) is 21.6. The van der Waals surface area contributed by atoms with Gasteiger partial charge in [0, 0.05) is 23.3 Å². The molecule has 156 valence electrons. The summed E-state index contributed by atoms with van der Waals surface area (Å²) in [6, 6.07) is 8.16. The molecule has 1 aliphatic rings. The number of aromatic amines is 1. The van der Waals surface area contributed by atoms with Crippen molar-refractivity contribution < 1.29 is 18.4 Å². The van der Waals surface area contributed by atoms with Crippen molar-refractivity contribution in [1.29, 1.82) is 0 Å². The summed E-state index contributed by atoms with van der Waals surface area (Å²) in [7, 11) is 3.66. The van der Waals surface area contributed by atoms with E-state index in [1.54, 1.807) is 12.1 Å². The van der Waals surface area contributed by atoms with E-state index < -0.39 is 17.5 Å². The highest BCUT2D eigenvalue weighted by molar-refractivity contribution is 6.07. The lowest BCUT2D eigenvalue weighted by molar-refractivity contribution is -0.120. The van der Waals surface area contributed by atoms with E-state index in [-0.39, 0.29) is 23.3 Å². The zero-order valence-corrected chi connectivity index (χ0v) is 16.9. The summed E-state index contributed by atoms with van der Waals surface area (Å²) in [4.78, 5) is 31.6. The van der Waals surface area contributed by atoms with Crippen LogP contribution in [0.1, 0.15) is 22.5 Å². The Balaban J connectivity index is 1.60. The number of nitrogens with one attached hydrogen (secondary N) is 2. The maximum absolute atomic E-state index is 14.2. The van der Waals surface area contributed by atoms with Gasteiger partial charge in [0.05, 0.1) is 11.6 Å². The minimum absolute atomic E-state index is 0.107. The highest BCUT2D eigenvalue weighted by Gasteiger charge is 2.34. The highest BCUT2D eigenvalue weighted by Crippen LogP contribution is 2.28. The van der Waals surface area contributed by atoms with E-state index in [2.05, 4.69) is 10.3 Å². The quantitative estimate of drug-likeness (QED) is 0.687. The van der Waals surface area contributed by atoms with Crippen molar-refractivity contribution in [3.8, 4) is 0 Å². The van der Waals surface area contributed by atoms with Gasteiger partial charge in [-0.15, -0.1) is 0 Å². The molecule has 0 saturated carbocycles. The van der Waals surface area contributed by atoms with Crippen molar-refractivity contribution in [2.24, 2.45) is 0 Å². The standard InChI is InChI=1S/C22H22F2N4O2/c1-12-4-5-17(24)16-11-18(26-20(12)16)21(29)25-14-8-13(23)9-15(10-14)28-7-6-19(22(28)30)27(2)3/h4-5,8-11,19,26H,6-7H2,1-3H3,(H,25,29). The maximum atomic E-state index is 14.2. The zero-order valence-electron chi connectivity index (χ0n) is 16.9. The van der Waals surface area contributed by atoms with Crippen LogP contribution in [0.5, 0.6) is 0 Å². The Morgan fingerprint density at radius 2 is 1.97 bits per heavy atom. The van der Waals surface area contributed by atoms with E-state index in [4.69, 9.17) is 0 Å². The summed E-state index contributed by atoms with van der Waals surface area (Å²) in [6.45, 7) is 2.28. The second kappa shape index (κ2) is 7.53. The predicted octanol–water partition coefficient (Wildman–Crippen LogP) is 3.67. The van der Waals surface area contributed by atoms with Gasteiger partial charge in [-0.25, -0.2) is 8.78 Å². The number of halogens is 2. The van der Waals surface area contributed by atoms with Crippen molar-refractivity contribution in [1.82, 2.24) is 9.88 Å². The van der Waals surface area contributed by atoms with Gasteiger partial charge in [-0.1, -0.05) is 6.07 Å². The summed E-state index contributed by atoms with van der Waals surface area (Å²) in [5.74, 6) is -1.63. The molecule has 2 aromatic carbocycles. The molecule has 0 spiro atoms. The number of hydrogen-bond donors (Lipinski definition) is 2. The van der Waals surface area contributed by atoms with Gasteiger partial charge in [0.25, 0.3) is 5.91 Å². The molecule has 6 nitrogen and oxygen atoms in total. The fraction of sp³-hybridized carbons (Fsp3) is 0.273. The first-order valence-electron chi connectivity index (χ1n) is 9.62. The number of amides is 2. The number of H-pyrrole nitrogens is 1. The monoisotopic (exact) mass is 412 g/mol. The first-order chi connectivity index (χ1) is 14.2. The van der Waals surface area contributed by atoms with Crippen molar-refractivity contribution in [2.45, 2.75) is 19.4 Å². The molecule has 0 aliphatic carbocycles. The molecule has 3 aromatic rings. The summed E-state index contributed by atoms with van der Waals surface area (Å²) in [5.41, 5.74) is 2.11. The molecule has 1 saturated heterocycles. The number of hydrogen-bond acceptors (Lipinski definition) is 3. The fourth-order valence-electron chi connectivity index (χ4n) is 3.85. The summed E-state index contributed by atoms with van der Waals surface area (Å²) < 4.78 is 28.3. The van der Waals surface area contributed by atoms with Gasteiger partial charge in [0.2, 0.25) is 5.91 Å². The molecule has 2 amide bonds. The van der Waals surface area contributed by atoms with Gasteiger partial charge in [-0.05, 0) is 63.3 Å². The van der Waals surface area contributed by atoms with E-state index >= 15 is 0 Å². The number of carbonyl (C=O) groups excluding carboxylic acids is 2. The molecule has 2 N–H and O–H groups in total. The van der Waals surface area contributed by atoms with E-state index in [1.165, 1.54) is 29.2 Å². The fourth-order valence-corrected chi connectivity index (χ4v) is 3.85. The molecule has 4 rings (SSSR count). The number of rotatable bonds is 4. The molecule has 1 aromatic heterocycles. The summed E-state index contributed by atoms with van der Waals surface area (Å²) in [5, 5.41) is 2.95. The first kappa shape index (κ1) is 20.0. The van der Waals surface area contributed by atoms with Crippen LogP contribution in [0.15, 0.2) is 36.4 Å². The maximum Gasteiger partial charge on any atom is 0.272 e. The first-order valence-corrected chi connectivity index (χ1v) is 9.62. The van der Waals surface area contributed by atoms with Gasteiger partial charge < -0.3 is 15.2 Å². The van der Waals surface area contributed by atoms with Gasteiger partial charge in [-0.2, -0.15) is 0 Å². The van der Waals surface area contributed by atoms with Crippen LogP contribution in [0, 0.1) is 18.6 Å². The van der Waals surface area contributed by atoms with Crippen LogP contribution in [0.4, 0.5) is 20.2 Å². The third kappa shape index (κ3) is 3.54. The molecular formula is C22H22F2N4O2. The van der Waals surface area contributed by atoms with Gasteiger partial charge in [0.1, 0.15) is 17.3 Å². The lowest BCUT2D eigenvalue weighted by Crippen LogP contribution is -2.37. The Labute approximate surface area is 172 Å².